The maximum absolute atomic E-state index is 5.98. The first-order valence-electron chi connectivity index (χ1n) is 11.5. The molecule has 4 aromatic rings. The molecule has 5 nitrogen and oxygen atoms in total. The van der Waals surface area contributed by atoms with Gasteiger partial charge in [-0.3, -0.25) is 4.98 Å². The van der Waals surface area contributed by atoms with Gasteiger partial charge in [0.15, 0.2) is 5.11 Å². The molecule has 0 spiro atoms. The maximum atomic E-state index is 5.98. The second kappa shape index (κ2) is 8.61. The van der Waals surface area contributed by atoms with Crippen LogP contribution in [0.5, 0.6) is 0 Å². The SMILES string of the molecule is S=C1N[C@H](c2ccccn2)[C@H](c2cccn2-c2ccc3ccccc3c2)N1C[C@@H]1CCCO1. The molecule has 4 heterocycles. The summed E-state index contributed by atoms with van der Waals surface area (Å²) in [6, 6.07) is 25.5. The molecule has 166 valence electrons. The predicted molar refractivity (Wildman–Crippen MR) is 134 cm³/mol. The molecular formula is C27H26N4OS. The third-order valence-corrected chi connectivity index (χ3v) is 7.07. The fraction of sp³-hybridized carbons (Fsp3) is 0.259. The van der Waals surface area contributed by atoms with Gasteiger partial charge in [0.1, 0.15) is 0 Å². The zero-order chi connectivity index (χ0) is 22.2. The number of fused-ring (bicyclic) bond motifs is 1. The second-order valence-electron chi connectivity index (χ2n) is 8.75. The number of ether oxygens (including phenoxy) is 1. The lowest BCUT2D eigenvalue weighted by molar-refractivity contribution is 0.0836. The van der Waals surface area contributed by atoms with Gasteiger partial charge in [-0.15, -0.1) is 0 Å². The van der Waals surface area contributed by atoms with Crippen LogP contribution in [0.1, 0.15) is 36.3 Å². The third kappa shape index (κ3) is 3.79. The maximum Gasteiger partial charge on any atom is 0.170 e. The van der Waals surface area contributed by atoms with Crippen molar-refractivity contribution in [1.29, 1.82) is 0 Å². The van der Waals surface area contributed by atoms with Gasteiger partial charge in [-0.05, 0) is 72.2 Å². The summed E-state index contributed by atoms with van der Waals surface area (Å²) in [7, 11) is 0. The van der Waals surface area contributed by atoms with Crippen molar-refractivity contribution in [3.63, 3.8) is 0 Å². The summed E-state index contributed by atoms with van der Waals surface area (Å²) in [5.74, 6) is 0. The highest BCUT2D eigenvalue weighted by Gasteiger charge is 2.42. The van der Waals surface area contributed by atoms with Crippen molar-refractivity contribution in [3.8, 4) is 5.69 Å². The number of pyridine rings is 1. The molecule has 1 N–H and O–H groups in total. The second-order valence-corrected chi connectivity index (χ2v) is 9.14. The van der Waals surface area contributed by atoms with E-state index < -0.39 is 0 Å². The number of hydrogen-bond donors (Lipinski definition) is 1. The number of nitrogens with zero attached hydrogens (tertiary/aromatic N) is 3. The molecule has 6 rings (SSSR count). The molecule has 2 aliphatic rings. The summed E-state index contributed by atoms with van der Waals surface area (Å²) in [5, 5.41) is 6.80. The number of benzene rings is 2. The van der Waals surface area contributed by atoms with Crippen LogP contribution in [0, 0.1) is 0 Å². The summed E-state index contributed by atoms with van der Waals surface area (Å²) in [6.45, 7) is 1.61. The Kier molecular flexibility index (Phi) is 5.32. The van der Waals surface area contributed by atoms with E-state index in [1.807, 2.05) is 18.3 Å². The van der Waals surface area contributed by atoms with E-state index in [2.05, 4.69) is 86.6 Å². The average Bonchev–Trinajstić information content (AvgIpc) is 3.61. The van der Waals surface area contributed by atoms with Gasteiger partial charge in [-0.2, -0.15) is 0 Å². The molecule has 2 aliphatic heterocycles. The molecule has 0 bridgehead atoms. The quantitative estimate of drug-likeness (QED) is 0.421. The standard InChI is InChI=1S/C27H26N4OS/c33-27-29-25(23-10-3-4-14-28-23)26(31(27)18-22-9-6-16-32-22)24-11-5-15-30(24)21-13-12-19-7-1-2-8-20(19)17-21/h1-5,7-8,10-15,17,22,25-26H,6,9,16,18H2,(H,29,33)/t22-,25+,26-/m0/s1. The summed E-state index contributed by atoms with van der Waals surface area (Å²) in [6.07, 6.45) is 6.38. The molecule has 2 aromatic carbocycles. The van der Waals surface area contributed by atoms with Crippen molar-refractivity contribution in [2.75, 3.05) is 13.2 Å². The minimum Gasteiger partial charge on any atom is -0.376 e. The highest BCUT2D eigenvalue weighted by Crippen LogP contribution is 2.40. The lowest BCUT2D eigenvalue weighted by Gasteiger charge is -2.30. The van der Waals surface area contributed by atoms with Crippen molar-refractivity contribution in [1.82, 2.24) is 19.8 Å². The zero-order valence-electron chi connectivity index (χ0n) is 18.3. The van der Waals surface area contributed by atoms with E-state index in [1.165, 1.54) is 16.5 Å². The van der Waals surface area contributed by atoms with Crippen LogP contribution in [0.3, 0.4) is 0 Å². The monoisotopic (exact) mass is 454 g/mol. The van der Waals surface area contributed by atoms with Gasteiger partial charge >= 0.3 is 0 Å². The molecule has 0 amide bonds. The summed E-state index contributed by atoms with van der Waals surface area (Å²) < 4.78 is 8.26. The van der Waals surface area contributed by atoms with E-state index in [0.717, 1.165) is 42.5 Å². The van der Waals surface area contributed by atoms with Crippen molar-refractivity contribution < 1.29 is 4.74 Å². The summed E-state index contributed by atoms with van der Waals surface area (Å²) >= 11 is 5.85. The summed E-state index contributed by atoms with van der Waals surface area (Å²) in [4.78, 5) is 6.98. The van der Waals surface area contributed by atoms with E-state index in [-0.39, 0.29) is 18.2 Å². The van der Waals surface area contributed by atoms with Crippen LogP contribution in [0.4, 0.5) is 0 Å². The molecule has 0 radical (unpaired) electrons. The molecular weight excluding hydrogens is 428 g/mol. The average molecular weight is 455 g/mol. The Labute approximate surface area is 199 Å². The molecule has 0 saturated carbocycles. The van der Waals surface area contributed by atoms with Gasteiger partial charge in [-0.1, -0.05) is 36.4 Å². The van der Waals surface area contributed by atoms with E-state index in [0.29, 0.717) is 0 Å². The Bertz CT molecular complexity index is 1280. The number of aromatic nitrogens is 2. The van der Waals surface area contributed by atoms with Gasteiger partial charge in [0, 0.05) is 36.9 Å². The number of hydrogen-bond acceptors (Lipinski definition) is 3. The first-order chi connectivity index (χ1) is 16.3. The van der Waals surface area contributed by atoms with Crippen LogP contribution in [-0.4, -0.2) is 38.8 Å². The minimum absolute atomic E-state index is 0.0121. The van der Waals surface area contributed by atoms with Gasteiger partial charge < -0.3 is 19.5 Å². The Morgan fingerprint density at radius 1 is 1.00 bits per heavy atom. The van der Waals surface area contributed by atoms with E-state index >= 15 is 0 Å². The van der Waals surface area contributed by atoms with Crippen molar-refractivity contribution in [3.05, 3.63) is 96.6 Å². The normalized spacial score (nSPS) is 22.7. The fourth-order valence-electron chi connectivity index (χ4n) is 5.13. The molecule has 0 unspecified atom stereocenters. The number of rotatable bonds is 5. The first kappa shape index (κ1) is 20.4. The molecule has 2 fully saturated rings. The zero-order valence-corrected chi connectivity index (χ0v) is 19.1. The summed E-state index contributed by atoms with van der Waals surface area (Å²) in [5.41, 5.74) is 3.32. The topological polar surface area (TPSA) is 42.3 Å². The van der Waals surface area contributed by atoms with E-state index in [9.17, 15) is 0 Å². The van der Waals surface area contributed by atoms with Crippen LogP contribution < -0.4 is 5.32 Å². The Hall–Kier alpha value is -3.22. The highest BCUT2D eigenvalue weighted by atomic mass is 32.1. The van der Waals surface area contributed by atoms with E-state index in [4.69, 9.17) is 17.0 Å². The Morgan fingerprint density at radius 2 is 1.88 bits per heavy atom. The molecule has 6 heteroatoms. The highest BCUT2D eigenvalue weighted by molar-refractivity contribution is 7.80. The largest absolute Gasteiger partial charge is 0.376 e. The molecule has 2 saturated heterocycles. The first-order valence-corrected chi connectivity index (χ1v) is 11.9. The van der Waals surface area contributed by atoms with Crippen molar-refractivity contribution >= 4 is 28.1 Å². The number of nitrogens with one attached hydrogen (secondary N) is 1. The van der Waals surface area contributed by atoms with Crippen LogP contribution >= 0.6 is 12.2 Å². The third-order valence-electron chi connectivity index (χ3n) is 6.72. The van der Waals surface area contributed by atoms with Gasteiger partial charge in [0.25, 0.3) is 0 Å². The molecule has 0 aliphatic carbocycles. The predicted octanol–water partition coefficient (Wildman–Crippen LogP) is 5.18. The minimum atomic E-state index is -0.0331. The van der Waals surface area contributed by atoms with Crippen LogP contribution in [0.25, 0.3) is 16.5 Å². The fourth-order valence-corrected chi connectivity index (χ4v) is 5.44. The van der Waals surface area contributed by atoms with Crippen molar-refractivity contribution in [2.24, 2.45) is 0 Å². The Morgan fingerprint density at radius 3 is 2.70 bits per heavy atom. The molecule has 33 heavy (non-hydrogen) atoms. The van der Waals surface area contributed by atoms with Crippen LogP contribution in [0.2, 0.25) is 0 Å². The van der Waals surface area contributed by atoms with Crippen molar-refractivity contribution in [2.45, 2.75) is 31.0 Å². The molecule has 2 aromatic heterocycles. The van der Waals surface area contributed by atoms with Gasteiger partial charge in [0.05, 0.1) is 23.9 Å². The van der Waals surface area contributed by atoms with Crippen LogP contribution in [0.15, 0.2) is 85.2 Å². The van der Waals surface area contributed by atoms with Gasteiger partial charge in [0.2, 0.25) is 0 Å². The van der Waals surface area contributed by atoms with Crippen LogP contribution in [-0.2, 0) is 4.74 Å². The Balaban J connectivity index is 1.44. The molecule has 3 atom stereocenters. The van der Waals surface area contributed by atoms with E-state index in [1.54, 1.807) is 0 Å². The smallest absolute Gasteiger partial charge is 0.170 e. The van der Waals surface area contributed by atoms with Gasteiger partial charge in [-0.25, -0.2) is 0 Å². The lowest BCUT2D eigenvalue weighted by atomic mass is 10.0. The lowest BCUT2D eigenvalue weighted by Crippen LogP contribution is -2.36. The number of thiocarbonyl (C=S) groups is 1.